The Hall–Kier alpha value is -1.81. The number of hydrogen-bond donors (Lipinski definition) is 2. The molecule has 1 heterocycles. The van der Waals surface area contributed by atoms with E-state index in [4.69, 9.17) is 0 Å². The van der Waals surface area contributed by atoms with Gasteiger partial charge in [-0.05, 0) is 58.6 Å². The third-order valence-electron chi connectivity index (χ3n) is 3.42. The molecule has 2 aromatic rings. The van der Waals surface area contributed by atoms with Crippen LogP contribution in [-0.4, -0.2) is 12.5 Å². The molecule has 4 heteroatoms. The summed E-state index contributed by atoms with van der Waals surface area (Å²) < 4.78 is 0.800. The number of rotatable bonds is 2. The summed E-state index contributed by atoms with van der Waals surface area (Å²) in [5, 5.41) is 6.31. The molecule has 0 spiro atoms. The van der Waals surface area contributed by atoms with Gasteiger partial charge in [-0.1, -0.05) is 18.2 Å². The third-order valence-corrected chi connectivity index (χ3v) is 4.12. The number of halogens is 1. The van der Waals surface area contributed by atoms with Crippen molar-refractivity contribution in [2.45, 2.75) is 12.8 Å². The van der Waals surface area contributed by atoms with Crippen LogP contribution < -0.4 is 10.6 Å². The summed E-state index contributed by atoms with van der Waals surface area (Å²) in [6.45, 7) is 0.995. The average Bonchev–Trinajstić information content (AvgIpc) is 2.47. The zero-order valence-corrected chi connectivity index (χ0v) is 12.5. The number of aryl methyl sites for hydroxylation is 1. The van der Waals surface area contributed by atoms with Crippen molar-refractivity contribution < 1.29 is 4.79 Å². The van der Waals surface area contributed by atoms with Crippen LogP contribution in [0.4, 0.5) is 11.4 Å². The van der Waals surface area contributed by atoms with Crippen LogP contribution in [0.3, 0.4) is 0 Å². The largest absolute Gasteiger partial charge is 0.385 e. The summed E-state index contributed by atoms with van der Waals surface area (Å²) >= 11 is 3.40. The number of hydrogen-bond acceptors (Lipinski definition) is 2. The second-order valence-corrected chi connectivity index (χ2v) is 5.69. The first-order valence-corrected chi connectivity index (χ1v) is 7.46. The average molecular weight is 331 g/mol. The van der Waals surface area contributed by atoms with E-state index in [1.165, 1.54) is 5.56 Å². The standard InChI is InChI=1S/C16H15BrN2O/c17-14-6-2-1-5-13(14)16(20)19-12-8-7-11-4-3-9-18-15(11)10-12/h1-2,5-8,10,18H,3-4,9H2,(H,19,20). The van der Waals surface area contributed by atoms with E-state index in [1.807, 2.05) is 30.3 Å². The number of carbonyl (C=O) groups is 1. The lowest BCUT2D eigenvalue weighted by atomic mass is 10.0. The van der Waals surface area contributed by atoms with Crippen LogP contribution in [0.1, 0.15) is 22.3 Å². The maximum absolute atomic E-state index is 12.2. The molecule has 0 aromatic heterocycles. The van der Waals surface area contributed by atoms with Gasteiger partial charge in [-0.15, -0.1) is 0 Å². The smallest absolute Gasteiger partial charge is 0.256 e. The molecule has 0 unspecified atom stereocenters. The van der Waals surface area contributed by atoms with Crippen molar-refractivity contribution in [3.05, 3.63) is 58.1 Å². The van der Waals surface area contributed by atoms with E-state index in [2.05, 4.69) is 32.6 Å². The molecule has 0 saturated heterocycles. The Balaban J connectivity index is 1.81. The normalized spacial score (nSPS) is 13.2. The van der Waals surface area contributed by atoms with Crippen molar-refractivity contribution in [1.82, 2.24) is 0 Å². The van der Waals surface area contributed by atoms with Gasteiger partial charge in [-0.25, -0.2) is 0 Å². The van der Waals surface area contributed by atoms with Crippen molar-refractivity contribution in [2.75, 3.05) is 17.2 Å². The molecule has 0 aliphatic carbocycles. The predicted molar refractivity (Wildman–Crippen MR) is 85.3 cm³/mol. The quantitative estimate of drug-likeness (QED) is 0.871. The van der Waals surface area contributed by atoms with E-state index in [0.717, 1.165) is 35.2 Å². The number of anilines is 2. The summed E-state index contributed by atoms with van der Waals surface area (Å²) in [5.74, 6) is -0.103. The highest BCUT2D eigenvalue weighted by Gasteiger charge is 2.12. The maximum atomic E-state index is 12.2. The topological polar surface area (TPSA) is 41.1 Å². The maximum Gasteiger partial charge on any atom is 0.256 e. The molecule has 2 aromatic carbocycles. The van der Waals surface area contributed by atoms with E-state index in [-0.39, 0.29) is 5.91 Å². The Labute approximate surface area is 126 Å². The minimum absolute atomic E-state index is 0.103. The SMILES string of the molecule is O=C(Nc1ccc2c(c1)NCCC2)c1ccccc1Br. The van der Waals surface area contributed by atoms with Gasteiger partial charge < -0.3 is 10.6 Å². The van der Waals surface area contributed by atoms with E-state index >= 15 is 0 Å². The van der Waals surface area contributed by atoms with Crippen molar-refractivity contribution in [3.8, 4) is 0 Å². The van der Waals surface area contributed by atoms with Crippen molar-refractivity contribution in [2.24, 2.45) is 0 Å². The molecule has 2 N–H and O–H groups in total. The van der Waals surface area contributed by atoms with Crippen LogP contribution in [0.5, 0.6) is 0 Å². The summed E-state index contributed by atoms with van der Waals surface area (Å²) in [7, 11) is 0. The molecule has 3 rings (SSSR count). The number of fused-ring (bicyclic) bond motifs is 1. The zero-order chi connectivity index (χ0) is 13.9. The Morgan fingerprint density at radius 3 is 2.90 bits per heavy atom. The Morgan fingerprint density at radius 1 is 1.20 bits per heavy atom. The first-order chi connectivity index (χ1) is 9.74. The zero-order valence-electron chi connectivity index (χ0n) is 10.9. The Kier molecular flexibility index (Phi) is 3.74. The highest BCUT2D eigenvalue weighted by molar-refractivity contribution is 9.10. The van der Waals surface area contributed by atoms with Gasteiger partial charge >= 0.3 is 0 Å². The first kappa shape index (κ1) is 13.2. The highest BCUT2D eigenvalue weighted by atomic mass is 79.9. The lowest BCUT2D eigenvalue weighted by molar-refractivity contribution is 0.102. The fourth-order valence-electron chi connectivity index (χ4n) is 2.38. The number of amides is 1. The predicted octanol–water partition coefficient (Wildman–Crippen LogP) is 4.06. The monoisotopic (exact) mass is 330 g/mol. The molecule has 0 fully saturated rings. The summed E-state index contributed by atoms with van der Waals surface area (Å²) in [6, 6.07) is 13.5. The van der Waals surface area contributed by atoms with Crippen molar-refractivity contribution >= 4 is 33.2 Å². The van der Waals surface area contributed by atoms with Gasteiger partial charge in [-0.2, -0.15) is 0 Å². The van der Waals surface area contributed by atoms with Crippen LogP contribution in [0.15, 0.2) is 46.9 Å². The highest BCUT2D eigenvalue weighted by Crippen LogP contribution is 2.26. The van der Waals surface area contributed by atoms with Gasteiger partial charge in [0.05, 0.1) is 5.56 Å². The van der Waals surface area contributed by atoms with Gasteiger partial charge in [0, 0.05) is 22.4 Å². The molecule has 0 saturated carbocycles. The molecule has 0 bridgehead atoms. The molecule has 1 aliphatic heterocycles. The molecule has 20 heavy (non-hydrogen) atoms. The molecule has 3 nitrogen and oxygen atoms in total. The van der Waals surface area contributed by atoms with Crippen LogP contribution >= 0.6 is 15.9 Å². The van der Waals surface area contributed by atoms with Crippen LogP contribution in [-0.2, 0) is 6.42 Å². The van der Waals surface area contributed by atoms with Crippen molar-refractivity contribution in [1.29, 1.82) is 0 Å². The third kappa shape index (κ3) is 2.70. The van der Waals surface area contributed by atoms with E-state index in [0.29, 0.717) is 5.56 Å². The minimum Gasteiger partial charge on any atom is -0.385 e. The second-order valence-electron chi connectivity index (χ2n) is 4.84. The fourth-order valence-corrected chi connectivity index (χ4v) is 2.85. The summed E-state index contributed by atoms with van der Waals surface area (Å²) in [5.41, 5.74) is 3.90. The first-order valence-electron chi connectivity index (χ1n) is 6.67. The van der Waals surface area contributed by atoms with Crippen LogP contribution in [0, 0.1) is 0 Å². The number of benzene rings is 2. The van der Waals surface area contributed by atoms with Gasteiger partial charge in [0.1, 0.15) is 0 Å². The summed E-state index contributed by atoms with van der Waals surface area (Å²) in [6.07, 6.45) is 2.26. The van der Waals surface area contributed by atoms with Gasteiger partial charge in [0.25, 0.3) is 5.91 Å². The lowest BCUT2D eigenvalue weighted by Crippen LogP contribution is -2.15. The molecular weight excluding hydrogens is 316 g/mol. The molecule has 0 atom stereocenters. The minimum atomic E-state index is -0.103. The van der Waals surface area contributed by atoms with E-state index in [1.54, 1.807) is 6.07 Å². The fraction of sp³-hybridized carbons (Fsp3) is 0.188. The molecule has 0 radical (unpaired) electrons. The Morgan fingerprint density at radius 2 is 2.05 bits per heavy atom. The molecule has 1 aliphatic rings. The number of nitrogens with one attached hydrogen (secondary N) is 2. The second kappa shape index (κ2) is 5.67. The van der Waals surface area contributed by atoms with Gasteiger partial charge in [0.15, 0.2) is 0 Å². The lowest BCUT2D eigenvalue weighted by Gasteiger charge is -2.19. The molecule has 1 amide bonds. The molecular formula is C16H15BrN2O. The molecule has 102 valence electrons. The van der Waals surface area contributed by atoms with E-state index in [9.17, 15) is 4.79 Å². The van der Waals surface area contributed by atoms with Crippen LogP contribution in [0.25, 0.3) is 0 Å². The van der Waals surface area contributed by atoms with Crippen LogP contribution in [0.2, 0.25) is 0 Å². The van der Waals surface area contributed by atoms with E-state index < -0.39 is 0 Å². The van der Waals surface area contributed by atoms with Gasteiger partial charge in [-0.3, -0.25) is 4.79 Å². The Bertz CT molecular complexity index is 655. The van der Waals surface area contributed by atoms with Crippen molar-refractivity contribution in [3.63, 3.8) is 0 Å². The number of carbonyl (C=O) groups excluding carboxylic acids is 1. The van der Waals surface area contributed by atoms with Gasteiger partial charge in [0.2, 0.25) is 0 Å². The summed E-state index contributed by atoms with van der Waals surface area (Å²) in [4.78, 5) is 12.2.